The Morgan fingerprint density at radius 2 is 0.503 bits per heavy atom. The van der Waals surface area contributed by atoms with E-state index in [1.807, 2.05) is 72.9 Å². The fourth-order valence-electron chi connectivity index (χ4n) is 23.3. The maximum atomic E-state index is 6.66. The van der Waals surface area contributed by atoms with Crippen LogP contribution in [-0.4, -0.2) is 29.9 Å². The molecular weight excluding hydrogens is 1790 g/mol. The SMILES string of the molecule is c1ccc(-c2nc3ccc4ccc5cc(-c6cccc(-c7cc8ccccc8c8c7ccc7ccccc78)c6)ccc5c4c3o2)nc1.c1ccc(-c2nc3ccc4ccc5cc(-c6cccc(-c7cc8ccccc8c8ccc9ccccc9c78)c6)ccc5c4c3o2)nc1.c1ccc2c(c1)-c1cccc3c(-c4cc(-c5ccc6ccc7ccc8nc(-c9ccc%10ncccc%10c9)oc8c7c6c5)cc5ccccc45)ccc-2c13. The summed E-state index contributed by atoms with van der Waals surface area (Å²) in [4.78, 5) is 27.9. The maximum absolute atomic E-state index is 6.66. The van der Waals surface area contributed by atoms with Crippen LogP contribution in [0.2, 0.25) is 0 Å². The van der Waals surface area contributed by atoms with Crippen LogP contribution in [0, 0.1) is 0 Å². The van der Waals surface area contributed by atoms with Crippen LogP contribution in [0.3, 0.4) is 0 Å². The number of aromatic nitrogens is 6. The zero-order valence-corrected chi connectivity index (χ0v) is 79.1. The molecule has 32 rings (SSSR count). The van der Waals surface area contributed by atoms with E-state index in [1.54, 1.807) is 12.4 Å². The summed E-state index contributed by atoms with van der Waals surface area (Å²) < 4.78 is 19.4. The summed E-state index contributed by atoms with van der Waals surface area (Å²) in [6.45, 7) is 0. The molecule has 31 aromatic rings. The molecule has 0 aliphatic heterocycles. The Morgan fingerprint density at radius 3 is 1.14 bits per heavy atom. The molecule has 0 radical (unpaired) electrons. The van der Waals surface area contributed by atoms with Gasteiger partial charge in [-0.3, -0.25) is 15.0 Å². The highest BCUT2D eigenvalue weighted by molar-refractivity contribution is 6.28. The van der Waals surface area contributed by atoms with Gasteiger partial charge in [-0.15, -0.1) is 0 Å². The van der Waals surface area contributed by atoms with Crippen LogP contribution in [-0.2, 0) is 0 Å². The highest BCUT2D eigenvalue weighted by atomic mass is 16.4. The minimum atomic E-state index is 0.535. The molecule has 680 valence electrons. The summed E-state index contributed by atoms with van der Waals surface area (Å²) in [6, 6.07) is 168. The van der Waals surface area contributed by atoms with Crippen LogP contribution in [0.1, 0.15) is 0 Å². The van der Waals surface area contributed by atoms with Gasteiger partial charge in [0.2, 0.25) is 17.7 Å². The van der Waals surface area contributed by atoms with Crippen LogP contribution in [0.25, 0.3) is 319 Å². The van der Waals surface area contributed by atoms with Gasteiger partial charge in [0, 0.05) is 45.7 Å². The van der Waals surface area contributed by atoms with E-state index < -0.39 is 0 Å². The molecule has 25 aromatic carbocycles. The van der Waals surface area contributed by atoms with E-state index in [1.165, 1.54) is 170 Å². The lowest BCUT2D eigenvalue weighted by atomic mass is 9.88. The molecule has 0 N–H and O–H groups in total. The molecule has 1 aliphatic carbocycles. The minimum absolute atomic E-state index is 0.535. The first-order valence-electron chi connectivity index (χ1n) is 49.9. The molecule has 9 nitrogen and oxygen atoms in total. The van der Waals surface area contributed by atoms with Crippen molar-refractivity contribution in [3.63, 3.8) is 0 Å². The summed E-state index contributed by atoms with van der Waals surface area (Å²) >= 11 is 0. The molecule has 1 aliphatic rings. The maximum Gasteiger partial charge on any atom is 0.246 e. The van der Waals surface area contributed by atoms with E-state index in [-0.39, 0.29) is 0 Å². The smallest absolute Gasteiger partial charge is 0.246 e. The number of benzene rings is 25. The van der Waals surface area contributed by atoms with Gasteiger partial charge >= 0.3 is 0 Å². The van der Waals surface area contributed by atoms with Crippen molar-refractivity contribution in [2.45, 2.75) is 0 Å². The molecule has 0 saturated carbocycles. The fourth-order valence-corrected chi connectivity index (χ4v) is 23.3. The van der Waals surface area contributed by atoms with Crippen LogP contribution >= 0.6 is 0 Å². The third-order valence-corrected chi connectivity index (χ3v) is 30.2. The lowest BCUT2D eigenvalue weighted by Crippen LogP contribution is -1.88. The highest BCUT2D eigenvalue weighted by Gasteiger charge is 2.27. The Bertz CT molecular complexity index is 11000. The van der Waals surface area contributed by atoms with E-state index in [0.717, 1.165) is 131 Å². The van der Waals surface area contributed by atoms with Crippen molar-refractivity contribution in [1.29, 1.82) is 0 Å². The van der Waals surface area contributed by atoms with E-state index >= 15 is 0 Å². The number of rotatable bonds is 9. The second kappa shape index (κ2) is 33.5. The predicted molar refractivity (Wildman–Crippen MR) is 611 cm³/mol. The van der Waals surface area contributed by atoms with Crippen molar-refractivity contribution in [3.8, 4) is 124 Å². The van der Waals surface area contributed by atoms with E-state index in [0.29, 0.717) is 17.7 Å². The quantitative estimate of drug-likeness (QED) is 0.130. The zero-order chi connectivity index (χ0) is 96.4. The largest absolute Gasteiger partial charge is 0.435 e. The number of pyridine rings is 3. The number of nitrogens with zero attached hydrogens (tertiary/aromatic N) is 6. The molecule has 147 heavy (non-hydrogen) atoms. The summed E-state index contributed by atoms with van der Waals surface area (Å²) in [5.41, 5.74) is 28.0. The van der Waals surface area contributed by atoms with Gasteiger partial charge in [-0.25, -0.2) is 15.0 Å². The van der Waals surface area contributed by atoms with Crippen molar-refractivity contribution >= 4 is 195 Å². The van der Waals surface area contributed by atoms with Crippen LogP contribution in [0.5, 0.6) is 0 Å². The van der Waals surface area contributed by atoms with Gasteiger partial charge in [0.25, 0.3) is 0 Å². The lowest BCUT2D eigenvalue weighted by molar-refractivity contribution is 0.619. The first-order chi connectivity index (χ1) is 72.8. The third-order valence-electron chi connectivity index (χ3n) is 30.2. The second-order valence-electron chi connectivity index (χ2n) is 38.5. The third kappa shape index (κ3) is 13.8. The average molecular weight is 1870 g/mol. The Morgan fingerprint density at radius 1 is 0.136 bits per heavy atom. The van der Waals surface area contributed by atoms with Crippen LogP contribution < -0.4 is 0 Å². The second-order valence-corrected chi connectivity index (χ2v) is 38.5. The first kappa shape index (κ1) is 83.1. The van der Waals surface area contributed by atoms with Crippen molar-refractivity contribution in [2.24, 2.45) is 0 Å². The summed E-state index contributed by atoms with van der Waals surface area (Å²) in [7, 11) is 0. The van der Waals surface area contributed by atoms with Gasteiger partial charge in [0.05, 0.1) is 5.52 Å². The Hall–Kier alpha value is -19.7. The fraction of sp³-hybridized carbons (Fsp3) is 0. The Labute approximate surface area is 841 Å². The van der Waals surface area contributed by atoms with E-state index in [4.69, 9.17) is 28.2 Å². The molecule has 6 aromatic heterocycles. The molecule has 6 heterocycles. The molecule has 0 amide bonds. The monoisotopic (exact) mass is 1870 g/mol. The topological polar surface area (TPSA) is 117 Å². The van der Waals surface area contributed by atoms with Crippen LogP contribution in [0.4, 0.5) is 0 Å². The molecule has 0 saturated heterocycles. The van der Waals surface area contributed by atoms with Crippen molar-refractivity contribution in [2.75, 3.05) is 0 Å². The molecule has 0 bridgehead atoms. The van der Waals surface area contributed by atoms with Crippen molar-refractivity contribution < 1.29 is 13.3 Å². The summed E-state index contributed by atoms with van der Waals surface area (Å²) in [5, 5.41) is 35.0. The Kier molecular flexibility index (Phi) is 18.9. The highest BCUT2D eigenvalue weighted by Crippen LogP contribution is 2.53. The number of hydrogen-bond donors (Lipinski definition) is 0. The van der Waals surface area contributed by atoms with Crippen LogP contribution in [0.15, 0.2) is 499 Å². The average Bonchev–Trinajstić information content (AvgIpc) is 1.56. The molecule has 0 fully saturated rings. The number of oxazole rings is 3. The number of hydrogen-bond acceptors (Lipinski definition) is 9. The van der Waals surface area contributed by atoms with E-state index in [2.05, 4.69) is 415 Å². The van der Waals surface area contributed by atoms with E-state index in [9.17, 15) is 0 Å². The van der Waals surface area contributed by atoms with Gasteiger partial charge in [-0.2, -0.15) is 0 Å². The Balaban J connectivity index is 0.000000102. The summed E-state index contributed by atoms with van der Waals surface area (Å²) in [5.74, 6) is 1.68. The molecule has 0 spiro atoms. The first-order valence-corrected chi connectivity index (χ1v) is 49.9. The molecular formula is C138H80N6O3. The lowest BCUT2D eigenvalue weighted by Gasteiger charge is -2.15. The molecule has 0 atom stereocenters. The van der Waals surface area contributed by atoms with Gasteiger partial charge < -0.3 is 13.3 Å². The van der Waals surface area contributed by atoms with Crippen molar-refractivity contribution in [3.05, 3.63) is 486 Å². The standard InChI is InChI=1S/C50H28N2O.2C44H26N2O/c1-2-9-36-32(7-1)25-35(28-44(36)39-20-21-42-38-11-4-3-10-37(38)40-12-5-13-41(39)48(40)42)31-17-15-29-14-16-30-18-23-46-49(47(30)43(29)27-31)53-50(52-46)34-19-22-45-33(26-34)8-6-24-51-45;1-4-13-35-27(8-1)17-21-37-34-12-3-2-9-32(34)26-38(42(35)37)31-11-7-10-29(24-31)30-18-20-36-33(25-30)16-15-28-19-22-39-43(41(28)36)47-44(46-39)40-14-5-6-23-45-40;1-3-12-34-27(8-1)17-21-37-38(26-32-9-2-4-13-35(32)42(34)37)31-11-7-10-29(24-31)30-18-20-36-33(25-30)16-15-28-19-22-39-43(41(28)36)47-44(46-39)40-14-5-6-23-45-40/h1-28H;2*1-26H. The molecule has 9 heteroatoms. The zero-order valence-electron chi connectivity index (χ0n) is 79.1. The van der Waals surface area contributed by atoms with Crippen molar-refractivity contribution in [1.82, 2.24) is 29.9 Å². The normalized spacial score (nSPS) is 11.9. The van der Waals surface area contributed by atoms with Gasteiger partial charge in [0.1, 0.15) is 27.9 Å². The minimum Gasteiger partial charge on any atom is -0.435 e. The number of fused-ring (bicyclic) bond motifs is 30. The van der Waals surface area contributed by atoms with Gasteiger partial charge in [-0.05, 0) is 345 Å². The van der Waals surface area contributed by atoms with Gasteiger partial charge in [-0.1, -0.05) is 346 Å². The predicted octanol–water partition coefficient (Wildman–Crippen LogP) is 37.6. The summed E-state index contributed by atoms with van der Waals surface area (Å²) in [6.07, 6.45) is 5.34. The van der Waals surface area contributed by atoms with Gasteiger partial charge in [0.15, 0.2) is 16.7 Å². The molecule has 0 unspecified atom stereocenters.